The van der Waals surface area contributed by atoms with Crippen LogP contribution in [0.5, 0.6) is 0 Å². The normalized spacial score (nSPS) is 22.7. The summed E-state index contributed by atoms with van der Waals surface area (Å²) in [6, 6.07) is 9.28. The van der Waals surface area contributed by atoms with Crippen LogP contribution < -0.4 is 15.5 Å². The molecule has 2 fully saturated rings. The largest absolute Gasteiger partial charge is 0.393 e. The minimum atomic E-state index is -0.110. The van der Waals surface area contributed by atoms with Gasteiger partial charge in [0.05, 0.1) is 6.10 Å². The molecule has 0 spiro atoms. The Kier molecular flexibility index (Phi) is 12.0. The number of aliphatic imine (C=N–C) groups is 1. The van der Waals surface area contributed by atoms with E-state index in [1.54, 1.807) is 0 Å². The molecular formula is C24H42IN5O. The molecule has 2 aliphatic rings. The monoisotopic (exact) mass is 543 g/mol. The summed E-state index contributed by atoms with van der Waals surface area (Å²) in [5, 5.41) is 16.6. The summed E-state index contributed by atoms with van der Waals surface area (Å²) in [4.78, 5) is 9.87. The zero-order valence-electron chi connectivity index (χ0n) is 19.4. The van der Waals surface area contributed by atoms with Gasteiger partial charge in [0.25, 0.3) is 0 Å². The van der Waals surface area contributed by atoms with Gasteiger partial charge in [-0.1, -0.05) is 12.1 Å². The van der Waals surface area contributed by atoms with Crippen LogP contribution in [0.15, 0.2) is 29.3 Å². The van der Waals surface area contributed by atoms with Crippen molar-refractivity contribution in [2.24, 2.45) is 4.99 Å². The summed E-state index contributed by atoms with van der Waals surface area (Å²) < 4.78 is 0. The fraction of sp³-hybridized carbons (Fsp3) is 0.708. The summed E-state index contributed by atoms with van der Waals surface area (Å²) in [5.74, 6) is 0.936. The van der Waals surface area contributed by atoms with E-state index in [2.05, 4.69) is 58.5 Å². The zero-order valence-corrected chi connectivity index (χ0v) is 21.7. The number of hydrogen-bond acceptors (Lipinski definition) is 4. The predicted octanol–water partition coefficient (Wildman–Crippen LogP) is 3.37. The molecule has 3 N–H and O–H groups in total. The second-order valence-electron chi connectivity index (χ2n) is 8.79. The van der Waals surface area contributed by atoms with Crippen molar-refractivity contribution in [3.63, 3.8) is 0 Å². The summed E-state index contributed by atoms with van der Waals surface area (Å²) in [6.07, 6.45) is 6.06. The number of aryl methyl sites for hydroxylation is 1. The number of aliphatic hydroxyl groups is 1. The Hall–Kier alpha value is -1.06. The number of nitrogens with one attached hydrogen (secondary N) is 2. The van der Waals surface area contributed by atoms with Gasteiger partial charge in [0.1, 0.15) is 0 Å². The van der Waals surface area contributed by atoms with E-state index < -0.39 is 0 Å². The van der Waals surface area contributed by atoms with Crippen molar-refractivity contribution >= 4 is 35.6 Å². The lowest BCUT2D eigenvalue weighted by Crippen LogP contribution is -2.46. The summed E-state index contributed by atoms with van der Waals surface area (Å²) in [7, 11) is 0. The first kappa shape index (κ1) is 26.2. The molecule has 0 radical (unpaired) electrons. The Balaban J connectivity index is 0.00000341. The third kappa shape index (κ3) is 9.14. The van der Waals surface area contributed by atoms with Crippen molar-refractivity contribution in [1.29, 1.82) is 0 Å². The molecular weight excluding hydrogens is 501 g/mol. The van der Waals surface area contributed by atoms with Crippen LogP contribution in [0, 0.1) is 6.92 Å². The van der Waals surface area contributed by atoms with Crippen molar-refractivity contribution < 1.29 is 5.11 Å². The summed E-state index contributed by atoms with van der Waals surface area (Å²) >= 11 is 0. The highest BCUT2D eigenvalue weighted by Crippen LogP contribution is 2.19. The van der Waals surface area contributed by atoms with E-state index in [0.717, 1.165) is 77.3 Å². The summed E-state index contributed by atoms with van der Waals surface area (Å²) in [6.45, 7) is 11.7. The minimum absolute atomic E-state index is 0. The van der Waals surface area contributed by atoms with Crippen LogP contribution in [0.25, 0.3) is 0 Å². The van der Waals surface area contributed by atoms with Gasteiger partial charge in [-0.25, -0.2) is 0 Å². The first-order chi connectivity index (χ1) is 14.6. The number of aliphatic hydroxyl groups excluding tert-OH is 1. The molecule has 31 heavy (non-hydrogen) atoms. The molecule has 0 bridgehead atoms. The quantitative estimate of drug-likeness (QED) is 0.203. The Labute approximate surface area is 205 Å². The molecule has 1 saturated carbocycles. The maximum absolute atomic E-state index is 9.68. The van der Waals surface area contributed by atoms with Gasteiger partial charge in [0.15, 0.2) is 5.96 Å². The fourth-order valence-corrected chi connectivity index (χ4v) is 4.43. The van der Waals surface area contributed by atoms with Crippen LogP contribution >= 0.6 is 24.0 Å². The molecule has 1 aromatic carbocycles. The zero-order chi connectivity index (χ0) is 21.2. The van der Waals surface area contributed by atoms with Gasteiger partial charge < -0.3 is 20.6 Å². The van der Waals surface area contributed by atoms with Gasteiger partial charge in [-0.2, -0.15) is 0 Å². The maximum atomic E-state index is 9.68. The molecule has 0 aromatic heterocycles. The van der Waals surface area contributed by atoms with Crippen LogP contribution in [0.2, 0.25) is 0 Å². The third-order valence-corrected chi connectivity index (χ3v) is 6.27. The number of halogens is 1. The van der Waals surface area contributed by atoms with Crippen LogP contribution in [0.3, 0.4) is 0 Å². The SMILES string of the molecule is CCNC(=NCCCCN1CCN(c2cccc(C)c2)CC1)NC1CCC(O)CC1.I. The Bertz CT molecular complexity index is 655. The number of rotatable bonds is 8. The first-order valence-electron chi connectivity index (χ1n) is 11.9. The van der Waals surface area contributed by atoms with Crippen molar-refractivity contribution in [2.45, 2.75) is 64.5 Å². The number of unbranched alkanes of at least 4 members (excludes halogenated alkanes) is 1. The molecule has 6 nitrogen and oxygen atoms in total. The molecule has 7 heteroatoms. The summed E-state index contributed by atoms with van der Waals surface area (Å²) in [5.41, 5.74) is 2.70. The van der Waals surface area contributed by atoms with E-state index in [4.69, 9.17) is 4.99 Å². The Morgan fingerprint density at radius 1 is 1.10 bits per heavy atom. The van der Waals surface area contributed by atoms with Crippen LogP contribution in [-0.2, 0) is 0 Å². The lowest BCUT2D eigenvalue weighted by atomic mass is 9.93. The second-order valence-corrected chi connectivity index (χ2v) is 8.79. The van der Waals surface area contributed by atoms with E-state index in [9.17, 15) is 5.11 Å². The van der Waals surface area contributed by atoms with E-state index in [-0.39, 0.29) is 30.1 Å². The minimum Gasteiger partial charge on any atom is -0.393 e. The topological polar surface area (TPSA) is 63.1 Å². The Morgan fingerprint density at radius 2 is 1.84 bits per heavy atom. The van der Waals surface area contributed by atoms with Crippen LogP contribution in [0.4, 0.5) is 5.69 Å². The van der Waals surface area contributed by atoms with Gasteiger partial charge in [-0.3, -0.25) is 9.89 Å². The number of benzene rings is 1. The molecule has 1 saturated heterocycles. The number of anilines is 1. The van der Waals surface area contributed by atoms with E-state index >= 15 is 0 Å². The molecule has 0 unspecified atom stereocenters. The van der Waals surface area contributed by atoms with Gasteiger partial charge in [-0.15, -0.1) is 24.0 Å². The number of piperazine rings is 1. The molecule has 0 amide bonds. The van der Waals surface area contributed by atoms with Crippen molar-refractivity contribution in [2.75, 3.05) is 50.7 Å². The average Bonchev–Trinajstić information content (AvgIpc) is 2.75. The van der Waals surface area contributed by atoms with E-state index in [1.165, 1.54) is 24.2 Å². The molecule has 1 aromatic rings. The number of guanidine groups is 1. The van der Waals surface area contributed by atoms with Crippen molar-refractivity contribution in [3.8, 4) is 0 Å². The van der Waals surface area contributed by atoms with Crippen molar-refractivity contribution in [3.05, 3.63) is 29.8 Å². The lowest BCUT2D eigenvalue weighted by molar-refractivity contribution is 0.120. The lowest BCUT2D eigenvalue weighted by Gasteiger charge is -2.36. The molecule has 176 valence electrons. The highest BCUT2D eigenvalue weighted by atomic mass is 127. The molecule has 1 aliphatic heterocycles. The predicted molar refractivity (Wildman–Crippen MR) is 142 cm³/mol. The number of nitrogens with zero attached hydrogens (tertiary/aromatic N) is 3. The highest BCUT2D eigenvalue weighted by Gasteiger charge is 2.20. The standard InChI is InChI=1S/C24H41N5O.HI/c1-3-25-24(27-21-9-11-23(30)12-10-21)26-13-4-5-14-28-15-17-29(18-16-28)22-8-6-7-20(2)19-22;/h6-8,19,21,23,30H,3-5,9-18H2,1-2H3,(H2,25,26,27);1H. The first-order valence-corrected chi connectivity index (χ1v) is 11.9. The van der Waals surface area contributed by atoms with Gasteiger partial charge in [-0.05, 0) is 76.6 Å². The maximum Gasteiger partial charge on any atom is 0.191 e. The number of hydrogen-bond donors (Lipinski definition) is 3. The van der Waals surface area contributed by atoms with E-state index in [1.807, 2.05) is 0 Å². The van der Waals surface area contributed by atoms with Gasteiger partial charge >= 0.3 is 0 Å². The average molecular weight is 544 g/mol. The molecule has 1 aliphatic carbocycles. The van der Waals surface area contributed by atoms with Gasteiger partial charge in [0.2, 0.25) is 0 Å². The highest BCUT2D eigenvalue weighted by molar-refractivity contribution is 14.0. The van der Waals surface area contributed by atoms with E-state index in [0.29, 0.717) is 6.04 Å². The van der Waals surface area contributed by atoms with Gasteiger partial charge in [0, 0.05) is 51.0 Å². The molecule has 0 atom stereocenters. The molecule has 3 rings (SSSR count). The van der Waals surface area contributed by atoms with Crippen LogP contribution in [0.1, 0.15) is 51.0 Å². The molecule has 1 heterocycles. The second kappa shape index (κ2) is 14.2. The van der Waals surface area contributed by atoms with Crippen molar-refractivity contribution in [1.82, 2.24) is 15.5 Å². The third-order valence-electron chi connectivity index (χ3n) is 6.27. The smallest absolute Gasteiger partial charge is 0.191 e. The fourth-order valence-electron chi connectivity index (χ4n) is 4.43. The van der Waals surface area contributed by atoms with Crippen LogP contribution in [-0.4, -0.2) is 73.9 Å². The Morgan fingerprint density at radius 3 is 2.52 bits per heavy atom.